The Kier molecular flexibility index (Phi) is 18.2. The first kappa shape index (κ1) is 43.3. The maximum absolute atomic E-state index is 12.1. The molecule has 1 aliphatic rings. The number of benzene rings is 2. The van der Waals surface area contributed by atoms with Crippen LogP contribution in [0.15, 0.2) is 57.9 Å². The average Bonchev–Trinajstić information content (AvgIpc) is 3.78. The summed E-state index contributed by atoms with van der Waals surface area (Å²) in [5.74, 6) is 1.14. The molecule has 0 spiro atoms. The predicted molar refractivity (Wildman–Crippen MR) is 203 cm³/mol. The normalized spacial score (nSPS) is 15.0. The molecule has 1 saturated carbocycles. The van der Waals surface area contributed by atoms with Crippen LogP contribution < -0.4 is 15.3 Å². The van der Waals surface area contributed by atoms with Gasteiger partial charge in [0.1, 0.15) is 6.54 Å². The molecule has 0 radical (unpaired) electrons. The Hall–Kier alpha value is -4.08. The van der Waals surface area contributed by atoms with Gasteiger partial charge in [0.05, 0.1) is 43.2 Å². The number of carboxylic acid groups (broad SMARTS) is 2. The van der Waals surface area contributed by atoms with Gasteiger partial charge in [0, 0.05) is 18.0 Å². The van der Waals surface area contributed by atoms with Crippen LogP contribution in [0.25, 0.3) is 10.2 Å². The molecular weight excluding hydrogens is 701 g/mol. The van der Waals surface area contributed by atoms with Crippen molar-refractivity contribution in [3.8, 4) is 5.75 Å². The lowest BCUT2D eigenvalue weighted by atomic mass is 9.73. The van der Waals surface area contributed by atoms with E-state index in [1.54, 1.807) is 6.07 Å². The molecule has 4 aromatic rings. The summed E-state index contributed by atoms with van der Waals surface area (Å²) in [4.78, 5) is 35.4. The number of oxazole rings is 1. The lowest BCUT2D eigenvalue weighted by molar-refractivity contribution is -0.904. The van der Waals surface area contributed by atoms with E-state index in [2.05, 4.69) is 29.4 Å². The first-order valence-corrected chi connectivity index (χ1v) is 19.2. The Morgan fingerprint density at radius 3 is 2.28 bits per heavy atom. The van der Waals surface area contributed by atoms with Gasteiger partial charge in [-0.2, -0.15) is 0 Å². The summed E-state index contributed by atoms with van der Waals surface area (Å²) in [6.07, 6.45) is 14.7. The highest BCUT2D eigenvalue weighted by molar-refractivity contribution is 7.16. The number of nitrogens with zero attached hydrogens (tertiary/aromatic N) is 2. The number of hydrogen-bond acceptors (Lipinski definition) is 10. The summed E-state index contributed by atoms with van der Waals surface area (Å²) in [6, 6.07) is 12.9. The minimum Gasteiger partial charge on any atom is -0.871 e. The van der Waals surface area contributed by atoms with Crippen LogP contribution in [-0.2, 0) is 21.7 Å². The zero-order valence-electron chi connectivity index (χ0n) is 30.9. The Labute approximate surface area is 314 Å². The lowest BCUT2D eigenvalue weighted by Gasteiger charge is -2.36. The summed E-state index contributed by atoms with van der Waals surface area (Å²) in [6.45, 7) is 2.50. The van der Waals surface area contributed by atoms with Crippen LogP contribution in [0.2, 0.25) is 0 Å². The predicted octanol–water partition coefficient (Wildman–Crippen LogP) is 5.50. The fraction of sp³-hybridized carbons (Fsp3) is 0.538. The molecule has 6 N–H and O–H groups in total. The van der Waals surface area contributed by atoms with Gasteiger partial charge in [-0.05, 0) is 44.2 Å². The van der Waals surface area contributed by atoms with Crippen molar-refractivity contribution in [2.75, 3.05) is 33.7 Å². The van der Waals surface area contributed by atoms with Gasteiger partial charge >= 0.3 is 4.87 Å². The van der Waals surface area contributed by atoms with Crippen LogP contribution in [-0.4, -0.2) is 81.6 Å². The third kappa shape index (κ3) is 13.1. The number of H-pyrrole nitrogens is 1. The molecule has 5 rings (SSSR count). The number of unbranched alkanes of at least 4 members (excludes halogenated alkanes) is 6. The van der Waals surface area contributed by atoms with Gasteiger partial charge in [-0.15, -0.1) is 0 Å². The van der Waals surface area contributed by atoms with E-state index in [0.717, 1.165) is 91.7 Å². The molecule has 1 aliphatic carbocycles. The second-order valence-electron chi connectivity index (χ2n) is 14.2. The number of rotatable bonds is 18. The van der Waals surface area contributed by atoms with Gasteiger partial charge in [0.25, 0.3) is 12.9 Å². The summed E-state index contributed by atoms with van der Waals surface area (Å²) in [5, 5.41) is 51.8. The first-order valence-electron chi connectivity index (χ1n) is 18.4. The first-order chi connectivity index (χ1) is 25.5. The number of aromatic nitrogens is 2. The third-order valence-electron chi connectivity index (χ3n) is 9.76. The van der Waals surface area contributed by atoms with Crippen molar-refractivity contribution in [1.29, 1.82) is 0 Å². The number of aromatic amines is 1. The number of fused-ring (bicyclic) bond motifs is 1. The molecule has 0 unspecified atom stereocenters. The molecule has 53 heavy (non-hydrogen) atoms. The van der Waals surface area contributed by atoms with Crippen LogP contribution in [0.5, 0.6) is 5.75 Å². The molecule has 1 fully saturated rings. The van der Waals surface area contributed by atoms with E-state index in [1.165, 1.54) is 38.2 Å². The van der Waals surface area contributed by atoms with Crippen molar-refractivity contribution >= 4 is 34.5 Å². The van der Waals surface area contributed by atoms with Crippen molar-refractivity contribution in [3.63, 3.8) is 0 Å². The number of carbonyl (C=O) groups is 2. The topological polar surface area (TPSA) is 209 Å². The highest BCUT2D eigenvalue weighted by Gasteiger charge is 2.44. The van der Waals surface area contributed by atoms with Crippen LogP contribution in [0.4, 0.5) is 0 Å². The molecule has 13 nitrogen and oxygen atoms in total. The van der Waals surface area contributed by atoms with E-state index in [9.17, 15) is 20.1 Å². The van der Waals surface area contributed by atoms with Crippen molar-refractivity contribution < 1.29 is 44.0 Å². The zero-order chi connectivity index (χ0) is 38.7. The standard InChI is InChI=1S/C37H52N4O5S.2CH2O2/c1-41(2,26-29-24-39-35(46-29)37(45,27-16-10-8-11-17-27)28-18-12-9-13-19-28)23-15-7-5-3-4-6-14-22-38-25-32(43)30-20-21-31(42)33-34(30)47-36(44)40-33;2*2-1-3/h8,10-11,16-17,20-21,24,28,32,38,43,45H,3-7,9,12-15,18-19,22-23,25-26H2,1-2H3,(H-,40,42,44);2*1H,(H,2,3)/t32-,37-;;/m0../s1. The second-order valence-corrected chi connectivity index (χ2v) is 15.2. The van der Waals surface area contributed by atoms with Gasteiger partial charge in [-0.1, -0.05) is 104 Å². The quantitative estimate of drug-likeness (QED) is 0.0424. The number of hydrogen-bond donors (Lipinski definition) is 6. The molecule has 2 aromatic heterocycles. The SMILES string of the molecule is C[N+](C)(CCCCCCCCCNC[C@H](O)c1ccc([O-])c2[nH]c(=O)sc12)Cc1cnc([C@](O)(c2ccccc2)C2CCCCC2)o1.O=CO.O=CO. The molecule has 0 bridgehead atoms. The van der Waals surface area contributed by atoms with E-state index < -0.39 is 11.7 Å². The second kappa shape index (κ2) is 22.2. The molecule has 0 aliphatic heterocycles. The van der Waals surface area contributed by atoms with Crippen LogP contribution in [0.1, 0.15) is 106 Å². The van der Waals surface area contributed by atoms with E-state index >= 15 is 0 Å². The van der Waals surface area contributed by atoms with Gasteiger partial charge in [0.2, 0.25) is 5.89 Å². The highest BCUT2D eigenvalue weighted by atomic mass is 32.1. The highest BCUT2D eigenvalue weighted by Crippen LogP contribution is 2.43. The molecule has 2 atom stereocenters. The van der Waals surface area contributed by atoms with Crippen LogP contribution in [0.3, 0.4) is 0 Å². The molecule has 0 saturated heterocycles. The largest absolute Gasteiger partial charge is 0.871 e. The van der Waals surface area contributed by atoms with E-state index in [4.69, 9.17) is 24.2 Å². The number of thiazole rings is 1. The molecule has 2 heterocycles. The van der Waals surface area contributed by atoms with Crippen LogP contribution in [0, 0.1) is 5.92 Å². The van der Waals surface area contributed by atoms with Crippen LogP contribution >= 0.6 is 11.3 Å². The number of nitrogens with one attached hydrogen (secondary N) is 2. The summed E-state index contributed by atoms with van der Waals surface area (Å²) in [7, 11) is 4.47. The third-order valence-corrected chi connectivity index (χ3v) is 10.7. The van der Waals surface area contributed by atoms with Gasteiger partial charge in [-0.25, -0.2) is 4.98 Å². The van der Waals surface area contributed by atoms with E-state index in [-0.39, 0.29) is 35.0 Å². The Morgan fingerprint density at radius 1 is 1.00 bits per heavy atom. The van der Waals surface area contributed by atoms with Gasteiger partial charge in [0.15, 0.2) is 11.4 Å². The number of quaternary nitrogens is 1. The Bertz CT molecular complexity index is 1700. The summed E-state index contributed by atoms with van der Waals surface area (Å²) < 4.78 is 7.69. The molecule has 292 valence electrons. The number of aliphatic hydroxyl groups is 2. The molecule has 14 heteroatoms. The van der Waals surface area contributed by atoms with Gasteiger partial charge < -0.3 is 44.7 Å². The smallest absolute Gasteiger partial charge is 0.305 e. The lowest BCUT2D eigenvalue weighted by Crippen LogP contribution is -2.39. The van der Waals surface area contributed by atoms with Crippen molar-refractivity contribution in [3.05, 3.63) is 81.1 Å². The Balaban J connectivity index is 0.00000118. The van der Waals surface area contributed by atoms with Crippen molar-refractivity contribution in [2.24, 2.45) is 5.92 Å². The summed E-state index contributed by atoms with van der Waals surface area (Å²) >= 11 is 0.971. The summed E-state index contributed by atoms with van der Waals surface area (Å²) in [5.41, 5.74) is 0.575. The monoisotopic (exact) mass is 756 g/mol. The zero-order valence-corrected chi connectivity index (χ0v) is 31.7. The van der Waals surface area contributed by atoms with Crippen molar-refractivity contribution in [1.82, 2.24) is 15.3 Å². The maximum atomic E-state index is 12.1. The Morgan fingerprint density at radius 2 is 1.62 bits per heavy atom. The molecule has 0 amide bonds. The van der Waals surface area contributed by atoms with E-state index in [1.807, 2.05) is 36.5 Å². The minimum atomic E-state index is -1.19. The molecule has 2 aromatic carbocycles. The minimum absolute atomic E-state index is 0.110. The molecular formula is C39H56N4O9S. The average molecular weight is 757 g/mol. The van der Waals surface area contributed by atoms with Gasteiger partial charge in [-0.3, -0.25) is 14.4 Å². The van der Waals surface area contributed by atoms with E-state index in [0.29, 0.717) is 22.7 Å². The maximum Gasteiger partial charge on any atom is 0.305 e. The fourth-order valence-electron chi connectivity index (χ4n) is 7.12. The fourth-order valence-corrected chi connectivity index (χ4v) is 8.03. The van der Waals surface area contributed by atoms with Crippen molar-refractivity contribution in [2.45, 2.75) is 95.3 Å². The number of aliphatic hydroxyl groups excluding tert-OH is 1.